The summed E-state index contributed by atoms with van der Waals surface area (Å²) in [5.74, 6) is -0.347. The Labute approximate surface area is 174 Å². The van der Waals surface area contributed by atoms with E-state index in [0.717, 1.165) is 37.1 Å². The van der Waals surface area contributed by atoms with E-state index in [9.17, 15) is 9.18 Å². The van der Waals surface area contributed by atoms with E-state index >= 15 is 0 Å². The molecular weight excluding hydrogens is 383 g/mol. The third-order valence-corrected chi connectivity index (χ3v) is 4.99. The quantitative estimate of drug-likeness (QED) is 0.613. The Morgan fingerprint density at radius 1 is 1.10 bits per heavy atom. The van der Waals surface area contributed by atoms with Gasteiger partial charge >= 0.3 is 0 Å². The van der Waals surface area contributed by atoms with Crippen molar-refractivity contribution in [3.8, 4) is 22.7 Å². The van der Waals surface area contributed by atoms with E-state index < -0.39 is 5.82 Å². The Kier molecular flexibility index (Phi) is 6.17. The highest BCUT2D eigenvalue weighted by atomic mass is 19.1. The van der Waals surface area contributed by atoms with Crippen LogP contribution in [0.25, 0.3) is 16.9 Å². The first kappa shape index (κ1) is 19.8. The van der Waals surface area contributed by atoms with Crippen molar-refractivity contribution in [2.45, 2.75) is 32.1 Å². The summed E-state index contributed by atoms with van der Waals surface area (Å²) < 4.78 is 21.4. The zero-order chi connectivity index (χ0) is 20.8. The van der Waals surface area contributed by atoms with Crippen LogP contribution in [0.15, 0.2) is 65.9 Å². The molecule has 1 amide bonds. The number of benzene rings is 2. The molecular formula is C23H23FN4O2. The minimum atomic E-state index is -0.397. The number of hydrogen-bond donors (Lipinski definition) is 1. The number of halogens is 1. The molecule has 1 saturated carbocycles. The lowest BCUT2D eigenvalue weighted by Crippen LogP contribution is -2.26. The van der Waals surface area contributed by atoms with Crippen molar-refractivity contribution in [2.24, 2.45) is 5.10 Å². The summed E-state index contributed by atoms with van der Waals surface area (Å²) in [5.41, 5.74) is 5.60. The van der Waals surface area contributed by atoms with E-state index in [0.29, 0.717) is 17.0 Å². The summed E-state index contributed by atoms with van der Waals surface area (Å²) in [6.07, 6.45) is 6.92. The molecule has 7 heteroatoms. The van der Waals surface area contributed by atoms with Gasteiger partial charge in [-0.05, 0) is 62.1 Å². The molecule has 4 rings (SSSR count). The van der Waals surface area contributed by atoms with Gasteiger partial charge in [0, 0.05) is 11.3 Å². The smallest absolute Gasteiger partial charge is 0.277 e. The van der Waals surface area contributed by atoms with E-state index in [-0.39, 0.29) is 12.5 Å². The number of rotatable bonds is 6. The van der Waals surface area contributed by atoms with Gasteiger partial charge in [0.15, 0.2) is 6.61 Å². The van der Waals surface area contributed by atoms with Gasteiger partial charge in [0.25, 0.3) is 5.91 Å². The van der Waals surface area contributed by atoms with Crippen molar-refractivity contribution in [1.82, 2.24) is 15.2 Å². The van der Waals surface area contributed by atoms with Crippen molar-refractivity contribution in [3.05, 3.63) is 66.6 Å². The van der Waals surface area contributed by atoms with E-state index in [1.54, 1.807) is 16.9 Å². The van der Waals surface area contributed by atoms with Gasteiger partial charge in [-0.15, -0.1) is 0 Å². The standard InChI is InChI=1S/C23H23FN4O2/c24-17-11-12-22(30-16-23(29)27-26-18-7-3-1-4-8-18)20(15-17)21-13-14-25-28(21)19-9-5-2-6-10-19/h2,5-6,9-15H,1,3-4,7-8,16H2,(H,27,29). The maximum Gasteiger partial charge on any atom is 0.277 e. The molecule has 1 heterocycles. The zero-order valence-corrected chi connectivity index (χ0v) is 16.6. The fourth-order valence-corrected chi connectivity index (χ4v) is 3.50. The molecule has 0 atom stereocenters. The highest BCUT2D eigenvalue weighted by Gasteiger charge is 2.15. The number of amides is 1. The largest absolute Gasteiger partial charge is 0.483 e. The van der Waals surface area contributed by atoms with Crippen molar-refractivity contribution in [2.75, 3.05) is 6.61 Å². The number of para-hydroxylation sites is 1. The number of hydrogen-bond acceptors (Lipinski definition) is 4. The second-order valence-electron chi connectivity index (χ2n) is 7.17. The first-order chi connectivity index (χ1) is 14.7. The molecule has 6 nitrogen and oxygen atoms in total. The number of nitrogens with one attached hydrogen (secondary N) is 1. The molecule has 0 aliphatic heterocycles. The Hall–Kier alpha value is -3.48. The second-order valence-corrected chi connectivity index (χ2v) is 7.17. The van der Waals surface area contributed by atoms with Gasteiger partial charge in [-0.3, -0.25) is 4.79 Å². The molecule has 1 aliphatic rings. The van der Waals surface area contributed by atoms with Gasteiger partial charge in [-0.1, -0.05) is 24.6 Å². The first-order valence-corrected chi connectivity index (χ1v) is 10.1. The average molecular weight is 406 g/mol. The van der Waals surface area contributed by atoms with Crippen LogP contribution in [-0.2, 0) is 4.79 Å². The second kappa shape index (κ2) is 9.35. The fourth-order valence-electron chi connectivity index (χ4n) is 3.50. The first-order valence-electron chi connectivity index (χ1n) is 10.1. The molecule has 1 aliphatic carbocycles. The SMILES string of the molecule is O=C(COc1ccc(F)cc1-c1ccnn1-c1ccccc1)NN=C1CCCCC1. The predicted molar refractivity (Wildman–Crippen MR) is 113 cm³/mol. The molecule has 2 aromatic carbocycles. The maximum atomic E-state index is 14.0. The third kappa shape index (κ3) is 4.74. The Bertz CT molecular complexity index is 1040. The number of hydrazone groups is 1. The summed E-state index contributed by atoms with van der Waals surface area (Å²) in [5, 5.41) is 8.55. The molecule has 0 unspecified atom stereocenters. The molecule has 3 aromatic rings. The number of ether oxygens (including phenoxy) is 1. The lowest BCUT2D eigenvalue weighted by atomic mass is 9.99. The maximum absolute atomic E-state index is 14.0. The van der Waals surface area contributed by atoms with Gasteiger partial charge < -0.3 is 4.74 Å². The molecule has 1 N–H and O–H groups in total. The molecule has 30 heavy (non-hydrogen) atoms. The van der Waals surface area contributed by atoms with Crippen LogP contribution in [0, 0.1) is 5.82 Å². The van der Waals surface area contributed by atoms with E-state index in [2.05, 4.69) is 15.6 Å². The Morgan fingerprint density at radius 3 is 2.70 bits per heavy atom. The lowest BCUT2D eigenvalue weighted by Gasteiger charge is -2.14. The number of aromatic nitrogens is 2. The van der Waals surface area contributed by atoms with Crippen molar-refractivity contribution in [1.29, 1.82) is 0 Å². The van der Waals surface area contributed by atoms with Crippen LogP contribution >= 0.6 is 0 Å². The minimum Gasteiger partial charge on any atom is -0.483 e. The minimum absolute atomic E-state index is 0.213. The summed E-state index contributed by atoms with van der Waals surface area (Å²) in [6.45, 7) is -0.213. The van der Waals surface area contributed by atoms with Crippen LogP contribution in [0.2, 0.25) is 0 Å². The summed E-state index contributed by atoms with van der Waals surface area (Å²) in [7, 11) is 0. The molecule has 0 saturated heterocycles. The molecule has 1 aromatic heterocycles. The Morgan fingerprint density at radius 2 is 1.90 bits per heavy atom. The highest BCUT2D eigenvalue weighted by Crippen LogP contribution is 2.32. The monoisotopic (exact) mass is 406 g/mol. The van der Waals surface area contributed by atoms with Crippen LogP contribution < -0.4 is 10.2 Å². The predicted octanol–water partition coefficient (Wildman–Crippen LogP) is 4.49. The number of nitrogens with zero attached hydrogens (tertiary/aromatic N) is 3. The van der Waals surface area contributed by atoms with Gasteiger partial charge in [0.1, 0.15) is 11.6 Å². The normalized spacial score (nSPS) is 13.7. The van der Waals surface area contributed by atoms with Crippen LogP contribution in [-0.4, -0.2) is 28.0 Å². The average Bonchev–Trinajstić information content (AvgIpc) is 3.28. The van der Waals surface area contributed by atoms with E-state index in [1.807, 2.05) is 30.3 Å². The van der Waals surface area contributed by atoms with Crippen LogP contribution in [0.3, 0.4) is 0 Å². The molecule has 154 valence electrons. The summed E-state index contributed by atoms with van der Waals surface area (Å²) >= 11 is 0. The van der Waals surface area contributed by atoms with Crippen LogP contribution in [0.4, 0.5) is 4.39 Å². The fraction of sp³-hybridized carbons (Fsp3) is 0.261. The van der Waals surface area contributed by atoms with Crippen molar-refractivity contribution >= 4 is 11.6 Å². The summed E-state index contributed by atoms with van der Waals surface area (Å²) in [6, 6.07) is 15.5. The third-order valence-electron chi connectivity index (χ3n) is 4.99. The number of carbonyl (C=O) groups is 1. The highest BCUT2D eigenvalue weighted by molar-refractivity contribution is 5.87. The molecule has 0 bridgehead atoms. The topological polar surface area (TPSA) is 68.5 Å². The van der Waals surface area contributed by atoms with Gasteiger partial charge in [0.05, 0.1) is 17.6 Å². The molecule has 0 spiro atoms. The van der Waals surface area contributed by atoms with Crippen molar-refractivity contribution in [3.63, 3.8) is 0 Å². The molecule has 1 fully saturated rings. The zero-order valence-electron chi connectivity index (χ0n) is 16.6. The lowest BCUT2D eigenvalue weighted by molar-refractivity contribution is -0.123. The van der Waals surface area contributed by atoms with E-state index in [1.165, 1.54) is 24.6 Å². The number of carbonyl (C=O) groups excluding carboxylic acids is 1. The van der Waals surface area contributed by atoms with Crippen LogP contribution in [0.5, 0.6) is 5.75 Å². The summed E-state index contributed by atoms with van der Waals surface area (Å²) in [4.78, 5) is 12.2. The van der Waals surface area contributed by atoms with Crippen molar-refractivity contribution < 1.29 is 13.9 Å². The van der Waals surface area contributed by atoms with Crippen LogP contribution in [0.1, 0.15) is 32.1 Å². The van der Waals surface area contributed by atoms with Gasteiger partial charge in [-0.25, -0.2) is 14.5 Å². The Balaban J connectivity index is 1.51. The van der Waals surface area contributed by atoms with Gasteiger partial charge in [0.2, 0.25) is 0 Å². The van der Waals surface area contributed by atoms with Gasteiger partial charge in [-0.2, -0.15) is 10.2 Å². The van der Waals surface area contributed by atoms with E-state index in [4.69, 9.17) is 4.74 Å². The molecule has 0 radical (unpaired) electrons.